The Balaban J connectivity index is 1.66. The molecule has 2 heterocycles. The van der Waals surface area contributed by atoms with Crippen LogP contribution in [0.2, 0.25) is 0 Å². The van der Waals surface area contributed by atoms with Gasteiger partial charge in [-0.1, -0.05) is 31.8 Å². The minimum Gasteiger partial charge on any atom is -0.339 e. The maximum absolute atomic E-state index is 5.60. The monoisotopic (exact) mass is 277 g/mol. The van der Waals surface area contributed by atoms with Crippen molar-refractivity contribution in [3.05, 3.63) is 11.7 Å². The molecule has 0 radical (unpaired) electrons. The zero-order chi connectivity index (χ0) is 14.0. The molecule has 0 bridgehead atoms. The summed E-state index contributed by atoms with van der Waals surface area (Å²) >= 11 is 0. The highest BCUT2D eigenvalue weighted by molar-refractivity contribution is 5.03. The summed E-state index contributed by atoms with van der Waals surface area (Å²) in [5, 5.41) is 7.69. The van der Waals surface area contributed by atoms with Crippen molar-refractivity contribution in [2.75, 3.05) is 13.1 Å². The lowest BCUT2D eigenvalue weighted by Crippen LogP contribution is -2.31. The number of aromatic nitrogens is 2. The highest BCUT2D eigenvalue weighted by Gasteiger charge is 2.37. The van der Waals surface area contributed by atoms with Gasteiger partial charge >= 0.3 is 0 Å². The molecular weight excluding hydrogens is 250 g/mol. The molecule has 2 fully saturated rings. The molecule has 1 aromatic rings. The molecule has 4 nitrogen and oxygen atoms in total. The van der Waals surface area contributed by atoms with Crippen molar-refractivity contribution in [2.24, 2.45) is 11.3 Å². The molecule has 1 N–H and O–H groups in total. The van der Waals surface area contributed by atoms with Gasteiger partial charge in [-0.15, -0.1) is 0 Å². The number of nitrogens with zero attached hydrogens (tertiary/aromatic N) is 2. The van der Waals surface area contributed by atoms with Crippen LogP contribution in [-0.2, 0) is 6.42 Å². The summed E-state index contributed by atoms with van der Waals surface area (Å²) in [6.07, 6.45) is 8.60. The predicted octanol–water partition coefficient (Wildman–Crippen LogP) is 3.30. The van der Waals surface area contributed by atoms with Gasteiger partial charge in [0.1, 0.15) is 0 Å². The van der Waals surface area contributed by atoms with Crippen molar-refractivity contribution in [2.45, 2.75) is 64.7 Å². The molecule has 1 saturated carbocycles. The van der Waals surface area contributed by atoms with E-state index in [9.17, 15) is 0 Å². The number of nitrogens with one attached hydrogen (secondary N) is 1. The van der Waals surface area contributed by atoms with E-state index in [2.05, 4.69) is 24.3 Å². The van der Waals surface area contributed by atoms with Crippen LogP contribution in [-0.4, -0.2) is 23.2 Å². The summed E-state index contributed by atoms with van der Waals surface area (Å²) in [6, 6.07) is 0. The van der Waals surface area contributed by atoms with Gasteiger partial charge in [0, 0.05) is 12.3 Å². The molecule has 1 aliphatic heterocycles. The minimum atomic E-state index is 0.300. The van der Waals surface area contributed by atoms with E-state index < -0.39 is 0 Å². The van der Waals surface area contributed by atoms with Crippen LogP contribution < -0.4 is 5.32 Å². The zero-order valence-electron chi connectivity index (χ0n) is 12.8. The fourth-order valence-corrected chi connectivity index (χ4v) is 3.80. The van der Waals surface area contributed by atoms with Crippen LogP contribution in [0.25, 0.3) is 0 Å². The van der Waals surface area contributed by atoms with E-state index in [0.717, 1.165) is 31.2 Å². The Labute approximate surface area is 121 Å². The topological polar surface area (TPSA) is 51.0 Å². The Hall–Kier alpha value is -0.900. The van der Waals surface area contributed by atoms with Crippen LogP contribution in [0.15, 0.2) is 4.52 Å². The number of hydrogen-bond acceptors (Lipinski definition) is 4. The van der Waals surface area contributed by atoms with Gasteiger partial charge in [-0.3, -0.25) is 0 Å². The van der Waals surface area contributed by atoms with Crippen molar-refractivity contribution in [1.29, 1.82) is 0 Å². The van der Waals surface area contributed by atoms with Gasteiger partial charge in [-0.05, 0) is 50.1 Å². The normalized spacial score (nSPS) is 30.3. The van der Waals surface area contributed by atoms with Gasteiger partial charge < -0.3 is 9.84 Å². The first-order valence-corrected chi connectivity index (χ1v) is 8.18. The second-order valence-electron chi connectivity index (χ2n) is 7.25. The Kier molecular flexibility index (Phi) is 4.11. The van der Waals surface area contributed by atoms with E-state index in [1.54, 1.807) is 0 Å². The summed E-state index contributed by atoms with van der Waals surface area (Å²) in [5.41, 5.74) is 0.300. The smallest absolute Gasteiger partial charge is 0.230 e. The van der Waals surface area contributed by atoms with Gasteiger partial charge in [0.2, 0.25) is 5.89 Å². The molecule has 3 rings (SSSR count). The predicted molar refractivity (Wildman–Crippen MR) is 78.6 cm³/mol. The first kappa shape index (κ1) is 14.1. The Morgan fingerprint density at radius 2 is 2.15 bits per heavy atom. The van der Waals surface area contributed by atoms with Crippen molar-refractivity contribution >= 4 is 0 Å². The highest BCUT2D eigenvalue weighted by Crippen LogP contribution is 2.46. The molecule has 1 aromatic heterocycles. The maximum Gasteiger partial charge on any atom is 0.230 e. The molecule has 1 saturated heterocycles. The average Bonchev–Trinajstić information content (AvgIpc) is 2.87. The van der Waals surface area contributed by atoms with Gasteiger partial charge in [0.25, 0.3) is 0 Å². The Morgan fingerprint density at radius 3 is 2.90 bits per heavy atom. The summed E-state index contributed by atoms with van der Waals surface area (Å²) in [7, 11) is 0. The van der Waals surface area contributed by atoms with Crippen LogP contribution in [0, 0.1) is 11.3 Å². The molecule has 0 spiro atoms. The maximum atomic E-state index is 5.60. The van der Waals surface area contributed by atoms with E-state index in [1.165, 1.54) is 38.5 Å². The quantitative estimate of drug-likeness (QED) is 0.921. The van der Waals surface area contributed by atoms with E-state index in [1.807, 2.05) is 0 Å². The van der Waals surface area contributed by atoms with Gasteiger partial charge in [-0.2, -0.15) is 4.98 Å². The molecule has 20 heavy (non-hydrogen) atoms. The number of piperidine rings is 1. The fraction of sp³-hybridized carbons (Fsp3) is 0.875. The molecule has 2 unspecified atom stereocenters. The third-order valence-corrected chi connectivity index (χ3v) is 5.16. The Morgan fingerprint density at radius 1 is 1.25 bits per heavy atom. The van der Waals surface area contributed by atoms with Gasteiger partial charge in [-0.25, -0.2) is 0 Å². The lowest BCUT2D eigenvalue weighted by molar-refractivity contribution is 0.164. The standard InChI is InChI=1S/C16H27N3O/c1-16(2)8-4-3-7-13(16)15-18-14(19-20-15)10-12-6-5-9-17-11-12/h12-13,17H,3-11H2,1-2H3. The second-order valence-corrected chi connectivity index (χ2v) is 7.25. The number of rotatable bonds is 3. The third-order valence-electron chi connectivity index (χ3n) is 5.16. The minimum absolute atomic E-state index is 0.300. The summed E-state index contributed by atoms with van der Waals surface area (Å²) < 4.78 is 5.60. The number of hydrogen-bond donors (Lipinski definition) is 1. The summed E-state index contributed by atoms with van der Waals surface area (Å²) in [5.74, 6) is 2.92. The van der Waals surface area contributed by atoms with E-state index in [-0.39, 0.29) is 0 Å². The lowest BCUT2D eigenvalue weighted by Gasteiger charge is -2.36. The van der Waals surface area contributed by atoms with Crippen molar-refractivity contribution in [3.63, 3.8) is 0 Å². The highest BCUT2D eigenvalue weighted by atomic mass is 16.5. The third kappa shape index (κ3) is 3.05. The van der Waals surface area contributed by atoms with Crippen molar-refractivity contribution in [3.8, 4) is 0 Å². The van der Waals surface area contributed by atoms with Crippen LogP contribution in [0.1, 0.15) is 70.0 Å². The molecular formula is C16H27N3O. The second kappa shape index (κ2) is 5.84. The van der Waals surface area contributed by atoms with E-state index in [0.29, 0.717) is 17.3 Å². The molecule has 2 aliphatic rings. The lowest BCUT2D eigenvalue weighted by atomic mass is 9.69. The van der Waals surface area contributed by atoms with Crippen LogP contribution in [0.5, 0.6) is 0 Å². The molecule has 4 heteroatoms. The first-order valence-electron chi connectivity index (χ1n) is 8.18. The zero-order valence-corrected chi connectivity index (χ0v) is 12.8. The van der Waals surface area contributed by atoms with Crippen molar-refractivity contribution in [1.82, 2.24) is 15.5 Å². The summed E-state index contributed by atoms with van der Waals surface area (Å²) in [4.78, 5) is 4.72. The average molecular weight is 277 g/mol. The first-order chi connectivity index (χ1) is 9.65. The van der Waals surface area contributed by atoms with Crippen LogP contribution in [0.3, 0.4) is 0 Å². The van der Waals surface area contributed by atoms with Gasteiger partial charge in [0.05, 0.1) is 0 Å². The Bertz CT molecular complexity index is 435. The molecule has 1 aliphatic carbocycles. The van der Waals surface area contributed by atoms with Crippen LogP contribution >= 0.6 is 0 Å². The molecule has 0 aromatic carbocycles. The molecule has 2 atom stereocenters. The van der Waals surface area contributed by atoms with Gasteiger partial charge in [0.15, 0.2) is 5.82 Å². The fourth-order valence-electron chi connectivity index (χ4n) is 3.80. The van der Waals surface area contributed by atoms with Crippen molar-refractivity contribution < 1.29 is 4.52 Å². The van der Waals surface area contributed by atoms with Crippen LogP contribution in [0.4, 0.5) is 0 Å². The molecule has 0 amide bonds. The largest absolute Gasteiger partial charge is 0.339 e. The summed E-state index contributed by atoms with van der Waals surface area (Å²) in [6.45, 7) is 6.93. The molecule has 112 valence electrons. The van der Waals surface area contributed by atoms with E-state index in [4.69, 9.17) is 9.51 Å². The van der Waals surface area contributed by atoms with E-state index >= 15 is 0 Å². The SMILES string of the molecule is CC1(C)CCCCC1c1nc(CC2CCCNC2)no1.